The van der Waals surface area contributed by atoms with E-state index in [4.69, 9.17) is 0 Å². The second-order valence-corrected chi connectivity index (χ2v) is 5.76. The van der Waals surface area contributed by atoms with Gasteiger partial charge in [0.05, 0.1) is 5.75 Å². The Balaban J connectivity index is 1.69. The van der Waals surface area contributed by atoms with Gasteiger partial charge in [-0.1, -0.05) is 25.7 Å². The Labute approximate surface area is 102 Å². The first-order chi connectivity index (χ1) is 7.86. The molecule has 1 aliphatic rings. The van der Waals surface area contributed by atoms with Crippen LogP contribution in [0.3, 0.4) is 0 Å². The van der Waals surface area contributed by atoms with Gasteiger partial charge in [-0.25, -0.2) is 0 Å². The topological polar surface area (TPSA) is 30.7 Å². The van der Waals surface area contributed by atoms with Crippen molar-refractivity contribution in [1.29, 1.82) is 0 Å². The van der Waals surface area contributed by atoms with Crippen molar-refractivity contribution in [2.24, 2.45) is 13.0 Å². The van der Waals surface area contributed by atoms with Crippen molar-refractivity contribution in [3.05, 3.63) is 12.2 Å². The standard InChI is InChI=1S/C12H21N3S/c1-15-10-13-14-12(15)9-16-8-11-6-4-2-3-5-7-11/h10-11H,2-9H2,1H3. The number of nitrogens with zero attached hydrogens (tertiary/aromatic N) is 3. The van der Waals surface area contributed by atoms with Gasteiger partial charge < -0.3 is 4.57 Å². The van der Waals surface area contributed by atoms with E-state index in [1.165, 1.54) is 44.3 Å². The minimum Gasteiger partial charge on any atom is -0.320 e. The van der Waals surface area contributed by atoms with Gasteiger partial charge in [-0.05, 0) is 24.5 Å². The molecule has 16 heavy (non-hydrogen) atoms. The van der Waals surface area contributed by atoms with E-state index >= 15 is 0 Å². The lowest BCUT2D eigenvalue weighted by atomic mass is 10.0. The molecule has 0 aliphatic heterocycles. The first kappa shape index (κ1) is 12.0. The first-order valence-electron chi connectivity index (χ1n) is 6.27. The maximum atomic E-state index is 4.11. The monoisotopic (exact) mass is 239 g/mol. The number of aryl methyl sites for hydroxylation is 1. The quantitative estimate of drug-likeness (QED) is 0.757. The molecule has 0 spiro atoms. The highest BCUT2D eigenvalue weighted by Crippen LogP contribution is 2.26. The Morgan fingerprint density at radius 2 is 2.06 bits per heavy atom. The summed E-state index contributed by atoms with van der Waals surface area (Å²) in [7, 11) is 2.02. The number of hydrogen-bond donors (Lipinski definition) is 0. The van der Waals surface area contributed by atoms with Crippen LogP contribution in [0.15, 0.2) is 6.33 Å². The van der Waals surface area contributed by atoms with Crippen LogP contribution in [0.1, 0.15) is 44.3 Å². The molecule has 0 radical (unpaired) electrons. The molecule has 4 heteroatoms. The van der Waals surface area contributed by atoms with E-state index in [1.54, 1.807) is 6.33 Å². The van der Waals surface area contributed by atoms with Crippen molar-refractivity contribution >= 4 is 11.8 Å². The van der Waals surface area contributed by atoms with Gasteiger partial charge in [0.25, 0.3) is 0 Å². The van der Waals surface area contributed by atoms with Crippen molar-refractivity contribution in [1.82, 2.24) is 14.8 Å². The molecule has 1 aromatic rings. The van der Waals surface area contributed by atoms with Gasteiger partial charge >= 0.3 is 0 Å². The summed E-state index contributed by atoms with van der Waals surface area (Å²) in [6, 6.07) is 0. The van der Waals surface area contributed by atoms with Gasteiger partial charge in [-0.2, -0.15) is 11.8 Å². The van der Waals surface area contributed by atoms with E-state index in [1.807, 2.05) is 23.4 Å². The summed E-state index contributed by atoms with van der Waals surface area (Å²) in [5.74, 6) is 4.35. The van der Waals surface area contributed by atoms with Crippen LogP contribution in [0.2, 0.25) is 0 Å². The predicted octanol–water partition coefficient (Wildman–Crippen LogP) is 3.02. The Bertz CT molecular complexity index is 303. The zero-order chi connectivity index (χ0) is 11.2. The Kier molecular flexibility index (Phi) is 4.69. The summed E-state index contributed by atoms with van der Waals surface area (Å²) in [6.45, 7) is 0. The van der Waals surface area contributed by atoms with Crippen molar-refractivity contribution in [3.63, 3.8) is 0 Å². The molecule has 0 N–H and O–H groups in total. The van der Waals surface area contributed by atoms with Gasteiger partial charge in [-0.15, -0.1) is 10.2 Å². The first-order valence-corrected chi connectivity index (χ1v) is 7.42. The molecule has 1 fully saturated rings. The summed E-state index contributed by atoms with van der Waals surface area (Å²) < 4.78 is 2.01. The largest absolute Gasteiger partial charge is 0.320 e. The van der Waals surface area contributed by atoms with Gasteiger partial charge in [-0.3, -0.25) is 0 Å². The SMILES string of the molecule is Cn1cnnc1CSCC1CCCCCC1. The van der Waals surface area contributed by atoms with Crippen molar-refractivity contribution in [3.8, 4) is 0 Å². The smallest absolute Gasteiger partial charge is 0.142 e. The summed E-state index contributed by atoms with van der Waals surface area (Å²) in [4.78, 5) is 0. The van der Waals surface area contributed by atoms with Crippen LogP contribution in [0.4, 0.5) is 0 Å². The van der Waals surface area contributed by atoms with E-state index in [2.05, 4.69) is 10.2 Å². The minimum absolute atomic E-state index is 0.945. The van der Waals surface area contributed by atoms with Crippen LogP contribution in [0.5, 0.6) is 0 Å². The number of rotatable bonds is 4. The van der Waals surface area contributed by atoms with E-state index in [0.717, 1.165) is 17.5 Å². The molecule has 2 rings (SSSR count). The van der Waals surface area contributed by atoms with Gasteiger partial charge in [0.2, 0.25) is 0 Å². The molecule has 0 bridgehead atoms. The van der Waals surface area contributed by atoms with Gasteiger partial charge in [0.1, 0.15) is 12.2 Å². The Hall–Kier alpha value is -0.510. The Morgan fingerprint density at radius 3 is 2.69 bits per heavy atom. The van der Waals surface area contributed by atoms with Crippen LogP contribution in [0.25, 0.3) is 0 Å². The third-order valence-corrected chi connectivity index (χ3v) is 4.53. The van der Waals surface area contributed by atoms with Crippen LogP contribution in [-0.2, 0) is 12.8 Å². The number of hydrogen-bond acceptors (Lipinski definition) is 3. The van der Waals surface area contributed by atoms with Crippen molar-refractivity contribution < 1.29 is 0 Å². The molecule has 0 aromatic carbocycles. The summed E-state index contributed by atoms with van der Waals surface area (Å²) in [6.07, 6.45) is 10.4. The van der Waals surface area contributed by atoms with Gasteiger partial charge in [0.15, 0.2) is 0 Å². The highest BCUT2D eigenvalue weighted by Gasteiger charge is 2.12. The van der Waals surface area contributed by atoms with Crippen LogP contribution in [-0.4, -0.2) is 20.5 Å². The molecule has 1 saturated carbocycles. The lowest BCUT2D eigenvalue weighted by Gasteiger charge is -2.12. The molecule has 1 heterocycles. The molecule has 0 atom stereocenters. The average molecular weight is 239 g/mol. The fraction of sp³-hybridized carbons (Fsp3) is 0.833. The van der Waals surface area contributed by atoms with Gasteiger partial charge in [0, 0.05) is 7.05 Å². The second-order valence-electron chi connectivity index (χ2n) is 4.73. The average Bonchev–Trinajstić information content (AvgIpc) is 2.55. The number of thioether (sulfide) groups is 1. The zero-order valence-corrected chi connectivity index (χ0v) is 10.9. The third kappa shape index (κ3) is 3.51. The molecule has 1 aromatic heterocycles. The van der Waals surface area contributed by atoms with Crippen LogP contribution in [0, 0.1) is 5.92 Å². The van der Waals surface area contributed by atoms with E-state index < -0.39 is 0 Å². The fourth-order valence-corrected chi connectivity index (χ4v) is 3.51. The van der Waals surface area contributed by atoms with E-state index in [9.17, 15) is 0 Å². The highest BCUT2D eigenvalue weighted by atomic mass is 32.2. The minimum atomic E-state index is 0.945. The van der Waals surface area contributed by atoms with Crippen LogP contribution >= 0.6 is 11.8 Å². The molecule has 90 valence electrons. The summed E-state index contributed by atoms with van der Waals surface area (Å²) in [5, 5.41) is 8.01. The molecule has 0 amide bonds. The molecule has 1 aliphatic carbocycles. The summed E-state index contributed by atoms with van der Waals surface area (Å²) >= 11 is 2.02. The molecular weight excluding hydrogens is 218 g/mol. The molecule has 3 nitrogen and oxygen atoms in total. The maximum absolute atomic E-state index is 4.11. The van der Waals surface area contributed by atoms with E-state index in [0.29, 0.717) is 0 Å². The molecule has 0 saturated heterocycles. The normalized spacial score (nSPS) is 18.6. The van der Waals surface area contributed by atoms with E-state index in [-0.39, 0.29) is 0 Å². The summed E-state index contributed by atoms with van der Waals surface area (Å²) in [5.41, 5.74) is 0. The lowest BCUT2D eigenvalue weighted by molar-refractivity contribution is 0.513. The van der Waals surface area contributed by atoms with Crippen LogP contribution < -0.4 is 0 Å². The molecular formula is C12H21N3S. The number of aromatic nitrogens is 3. The lowest BCUT2D eigenvalue weighted by Crippen LogP contribution is -2.03. The zero-order valence-electron chi connectivity index (χ0n) is 10.1. The fourth-order valence-electron chi connectivity index (χ4n) is 2.29. The second kappa shape index (κ2) is 6.28. The highest BCUT2D eigenvalue weighted by molar-refractivity contribution is 7.98. The van der Waals surface area contributed by atoms with Crippen molar-refractivity contribution in [2.45, 2.75) is 44.3 Å². The van der Waals surface area contributed by atoms with Crippen molar-refractivity contribution in [2.75, 3.05) is 5.75 Å². The predicted molar refractivity (Wildman–Crippen MR) is 68.4 cm³/mol. The Morgan fingerprint density at radius 1 is 1.31 bits per heavy atom. The third-order valence-electron chi connectivity index (χ3n) is 3.36. The maximum Gasteiger partial charge on any atom is 0.142 e. The molecule has 0 unspecified atom stereocenters.